The summed E-state index contributed by atoms with van der Waals surface area (Å²) in [5, 5.41) is 2.22. The molecule has 2 aromatic rings. The van der Waals surface area contributed by atoms with Crippen molar-refractivity contribution in [2.75, 3.05) is 5.32 Å². The first-order valence-corrected chi connectivity index (χ1v) is 7.33. The standard InChI is InChI=1S/C15H11BrClF2NO/c1-2-8-5-9(16)3-4-14(8)20-15(21)10-6-13(19)11(17)7-12(10)18/h3-7H,2H2,1H3,(H,20,21). The van der Waals surface area contributed by atoms with Crippen LogP contribution in [0.3, 0.4) is 0 Å². The summed E-state index contributed by atoms with van der Waals surface area (Å²) in [6.45, 7) is 1.93. The molecule has 0 saturated carbocycles. The van der Waals surface area contributed by atoms with Crippen LogP contribution < -0.4 is 5.32 Å². The molecule has 0 saturated heterocycles. The quantitative estimate of drug-likeness (QED) is 0.736. The number of carbonyl (C=O) groups excluding carboxylic acids is 1. The molecule has 0 aliphatic rings. The van der Waals surface area contributed by atoms with Gasteiger partial charge in [0.1, 0.15) is 11.6 Å². The number of benzene rings is 2. The van der Waals surface area contributed by atoms with Crippen molar-refractivity contribution in [2.24, 2.45) is 0 Å². The molecule has 0 bridgehead atoms. The van der Waals surface area contributed by atoms with E-state index < -0.39 is 17.5 Å². The van der Waals surface area contributed by atoms with Crippen molar-refractivity contribution in [3.05, 3.63) is 62.6 Å². The minimum Gasteiger partial charge on any atom is -0.322 e. The van der Waals surface area contributed by atoms with Crippen molar-refractivity contribution in [3.8, 4) is 0 Å². The topological polar surface area (TPSA) is 29.1 Å². The molecule has 0 heterocycles. The van der Waals surface area contributed by atoms with Crippen molar-refractivity contribution in [3.63, 3.8) is 0 Å². The summed E-state index contributed by atoms with van der Waals surface area (Å²) < 4.78 is 28.0. The number of amides is 1. The molecule has 0 atom stereocenters. The van der Waals surface area contributed by atoms with Crippen LogP contribution in [-0.4, -0.2) is 5.91 Å². The first-order chi connectivity index (χ1) is 9.92. The van der Waals surface area contributed by atoms with Crippen LogP contribution in [0.4, 0.5) is 14.5 Å². The van der Waals surface area contributed by atoms with Crippen molar-refractivity contribution in [2.45, 2.75) is 13.3 Å². The maximum absolute atomic E-state index is 13.7. The van der Waals surface area contributed by atoms with Crippen molar-refractivity contribution < 1.29 is 13.6 Å². The Morgan fingerprint density at radius 3 is 2.62 bits per heavy atom. The van der Waals surface area contributed by atoms with Gasteiger partial charge in [-0.2, -0.15) is 0 Å². The lowest BCUT2D eigenvalue weighted by atomic mass is 10.1. The molecule has 2 rings (SSSR count). The highest BCUT2D eigenvalue weighted by molar-refractivity contribution is 9.10. The molecular formula is C15H11BrClF2NO. The molecule has 0 fully saturated rings. The van der Waals surface area contributed by atoms with Crippen LogP contribution in [0.2, 0.25) is 5.02 Å². The molecule has 0 spiro atoms. The molecule has 6 heteroatoms. The maximum atomic E-state index is 13.7. The van der Waals surface area contributed by atoms with E-state index in [-0.39, 0.29) is 10.6 Å². The van der Waals surface area contributed by atoms with Gasteiger partial charge >= 0.3 is 0 Å². The van der Waals surface area contributed by atoms with Gasteiger partial charge in [-0.15, -0.1) is 0 Å². The van der Waals surface area contributed by atoms with Crippen LogP contribution in [-0.2, 0) is 6.42 Å². The van der Waals surface area contributed by atoms with Gasteiger partial charge in [0, 0.05) is 10.2 Å². The predicted molar refractivity (Wildman–Crippen MR) is 82.8 cm³/mol. The van der Waals surface area contributed by atoms with E-state index in [1.54, 1.807) is 12.1 Å². The molecule has 110 valence electrons. The fourth-order valence-corrected chi connectivity index (χ4v) is 2.42. The zero-order chi connectivity index (χ0) is 15.6. The van der Waals surface area contributed by atoms with Gasteiger partial charge < -0.3 is 5.32 Å². The third kappa shape index (κ3) is 3.60. The molecule has 0 aliphatic carbocycles. The third-order valence-electron chi connectivity index (χ3n) is 2.95. The van der Waals surface area contributed by atoms with Gasteiger partial charge in [-0.3, -0.25) is 4.79 Å². The van der Waals surface area contributed by atoms with Gasteiger partial charge in [0.05, 0.1) is 10.6 Å². The lowest BCUT2D eigenvalue weighted by molar-refractivity contribution is 0.102. The summed E-state index contributed by atoms with van der Waals surface area (Å²) in [5.74, 6) is -2.43. The maximum Gasteiger partial charge on any atom is 0.258 e. The Hall–Kier alpha value is -1.46. The molecule has 1 N–H and O–H groups in total. The zero-order valence-corrected chi connectivity index (χ0v) is 13.4. The summed E-state index contributed by atoms with van der Waals surface area (Å²) in [5.41, 5.74) is 1.05. The van der Waals surface area contributed by atoms with Crippen LogP contribution in [0, 0.1) is 11.6 Å². The second kappa shape index (κ2) is 6.54. The number of nitrogens with one attached hydrogen (secondary N) is 1. The van der Waals surface area contributed by atoms with Crippen LogP contribution in [0.15, 0.2) is 34.8 Å². The Kier molecular flexibility index (Phi) is 4.96. The van der Waals surface area contributed by atoms with E-state index in [1.807, 2.05) is 13.0 Å². The summed E-state index contributed by atoms with van der Waals surface area (Å²) in [6.07, 6.45) is 0.687. The fraction of sp³-hybridized carbons (Fsp3) is 0.133. The summed E-state index contributed by atoms with van der Waals surface area (Å²) in [7, 11) is 0. The monoisotopic (exact) mass is 373 g/mol. The number of hydrogen-bond donors (Lipinski definition) is 1. The van der Waals surface area contributed by atoms with E-state index in [0.29, 0.717) is 12.1 Å². The zero-order valence-electron chi connectivity index (χ0n) is 11.0. The number of carbonyl (C=O) groups is 1. The SMILES string of the molecule is CCc1cc(Br)ccc1NC(=O)c1cc(F)c(Cl)cc1F. The Balaban J connectivity index is 2.32. The molecule has 21 heavy (non-hydrogen) atoms. The summed E-state index contributed by atoms with van der Waals surface area (Å²) in [6, 6.07) is 6.89. The third-order valence-corrected chi connectivity index (χ3v) is 3.73. The lowest BCUT2D eigenvalue weighted by Crippen LogP contribution is -2.15. The van der Waals surface area contributed by atoms with Gasteiger partial charge in [-0.25, -0.2) is 8.78 Å². The first kappa shape index (κ1) is 15.9. The second-order valence-electron chi connectivity index (χ2n) is 4.36. The molecule has 1 amide bonds. The molecule has 2 nitrogen and oxygen atoms in total. The molecule has 0 aromatic heterocycles. The van der Waals surface area contributed by atoms with Gasteiger partial charge in [0.25, 0.3) is 5.91 Å². The Morgan fingerprint density at radius 2 is 1.95 bits per heavy atom. The van der Waals surface area contributed by atoms with Gasteiger partial charge in [0.2, 0.25) is 0 Å². The van der Waals surface area contributed by atoms with E-state index >= 15 is 0 Å². The first-order valence-electron chi connectivity index (χ1n) is 6.16. The number of halogens is 4. The predicted octanol–water partition coefficient (Wildman–Crippen LogP) is 5.20. The number of anilines is 1. The highest BCUT2D eigenvalue weighted by Crippen LogP contribution is 2.24. The largest absolute Gasteiger partial charge is 0.322 e. The van der Waals surface area contributed by atoms with Gasteiger partial charge in [0.15, 0.2) is 0 Å². The fourth-order valence-electron chi connectivity index (χ4n) is 1.86. The van der Waals surface area contributed by atoms with Crippen LogP contribution in [0.25, 0.3) is 0 Å². The minimum absolute atomic E-state index is 0.359. The molecule has 0 aliphatic heterocycles. The molecule has 0 radical (unpaired) electrons. The van der Waals surface area contributed by atoms with E-state index in [9.17, 15) is 13.6 Å². The minimum atomic E-state index is -0.867. The number of rotatable bonds is 3. The summed E-state index contributed by atoms with van der Waals surface area (Å²) >= 11 is 8.80. The Morgan fingerprint density at radius 1 is 1.24 bits per heavy atom. The van der Waals surface area contributed by atoms with E-state index in [1.165, 1.54) is 0 Å². The van der Waals surface area contributed by atoms with Crippen molar-refractivity contribution in [1.29, 1.82) is 0 Å². The average molecular weight is 375 g/mol. The van der Waals surface area contributed by atoms with E-state index in [0.717, 1.165) is 22.2 Å². The normalized spacial score (nSPS) is 10.5. The van der Waals surface area contributed by atoms with Gasteiger partial charge in [-0.05, 0) is 42.3 Å². The van der Waals surface area contributed by atoms with Crippen molar-refractivity contribution in [1.82, 2.24) is 0 Å². The second-order valence-corrected chi connectivity index (χ2v) is 5.68. The molecule has 2 aromatic carbocycles. The molecular weight excluding hydrogens is 364 g/mol. The summed E-state index contributed by atoms with van der Waals surface area (Å²) in [4.78, 5) is 12.1. The Labute approximate surface area is 134 Å². The number of aryl methyl sites for hydroxylation is 1. The van der Waals surface area contributed by atoms with E-state index in [2.05, 4.69) is 21.2 Å². The van der Waals surface area contributed by atoms with Crippen LogP contribution in [0.1, 0.15) is 22.8 Å². The molecule has 0 unspecified atom stereocenters. The van der Waals surface area contributed by atoms with Crippen LogP contribution in [0.5, 0.6) is 0 Å². The lowest BCUT2D eigenvalue weighted by Gasteiger charge is -2.11. The van der Waals surface area contributed by atoms with Gasteiger partial charge in [-0.1, -0.05) is 34.5 Å². The highest BCUT2D eigenvalue weighted by atomic mass is 79.9. The van der Waals surface area contributed by atoms with Crippen molar-refractivity contribution >= 4 is 39.1 Å². The Bertz CT molecular complexity index is 706. The van der Waals surface area contributed by atoms with E-state index in [4.69, 9.17) is 11.6 Å². The van der Waals surface area contributed by atoms with Crippen LogP contribution >= 0.6 is 27.5 Å². The number of hydrogen-bond acceptors (Lipinski definition) is 1. The smallest absolute Gasteiger partial charge is 0.258 e. The average Bonchev–Trinajstić information content (AvgIpc) is 2.44. The highest BCUT2D eigenvalue weighted by Gasteiger charge is 2.16.